The molecule has 122 valence electrons. The Bertz CT molecular complexity index is 519. The predicted octanol–water partition coefficient (Wildman–Crippen LogP) is 3.59. The molecule has 1 atom stereocenters. The van der Waals surface area contributed by atoms with Crippen LogP contribution in [-0.2, 0) is 6.18 Å². The van der Waals surface area contributed by atoms with Crippen molar-refractivity contribution >= 4 is 0 Å². The van der Waals surface area contributed by atoms with E-state index in [0.717, 1.165) is 51.5 Å². The van der Waals surface area contributed by atoms with Gasteiger partial charge in [0.25, 0.3) is 0 Å². The van der Waals surface area contributed by atoms with Crippen molar-refractivity contribution in [3.8, 4) is 0 Å². The molecule has 0 spiro atoms. The zero-order valence-corrected chi connectivity index (χ0v) is 12.3. The Morgan fingerprint density at radius 3 is 2.45 bits per heavy atom. The number of rotatable bonds is 4. The standard InChI is InChI=1S/C16H20F4N2/c17-15-12(2-1-3-13(15)16(18,19)20)14(10-11-4-5-11)22-8-6-21-7-9-22/h1-3,11,14,21H,4-10H2/t14-/m1/s1. The summed E-state index contributed by atoms with van der Waals surface area (Å²) in [4.78, 5) is 2.12. The van der Waals surface area contributed by atoms with Crippen LogP contribution in [0.3, 0.4) is 0 Å². The van der Waals surface area contributed by atoms with Crippen molar-refractivity contribution in [2.75, 3.05) is 26.2 Å². The van der Waals surface area contributed by atoms with Crippen LogP contribution in [0.5, 0.6) is 0 Å². The Morgan fingerprint density at radius 1 is 1.18 bits per heavy atom. The lowest BCUT2D eigenvalue weighted by atomic mass is 9.96. The first kappa shape index (κ1) is 15.7. The third-order valence-corrected chi connectivity index (χ3v) is 4.54. The highest BCUT2D eigenvalue weighted by Gasteiger charge is 2.38. The second-order valence-corrected chi connectivity index (χ2v) is 6.19. The van der Waals surface area contributed by atoms with Gasteiger partial charge in [0, 0.05) is 37.8 Å². The number of hydrogen-bond donors (Lipinski definition) is 1. The maximum absolute atomic E-state index is 14.5. The van der Waals surface area contributed by atoms with E-state index in [2.05, 4.69) is 10.2 Å². The molecule has 0 bridgehead atoms. The van der Waals surface area contributed by atoms with Crippen LogP contribution in [0.15, 0.2) is 18.2 Å². The number of hydrogen-bond acceptors (Lipinski definition) is 2. The van der Waals surface area contributed by atoms with Crippen molar-refractivity contribution in [2.24, 2.45) is 5.92 Å². The van der Waals surface area contributed by atoms with Crippen LogP contribution < -0.4 is 5.32 Å². The molecule has 1 heterocycles. The first-order valence-corrected chi connectivity index (χ1v) is 7.77. The van der Waals surface area contributed by atoms with E-state index >= 15 is 0 Å². The topological polar surface area (TPSA) is 15.3 Å². The Labute approximate surface area is 127 Å². The van der Waals surface area contributed by atoms with Gasteiger partial charge in [0.15, 0.2) is 0 Å². The Kier molecular flexibility index (Phi) is 4.41. The summed E-state index contributed by atoms with van der Waals surface area (Å²) >= 11 is 0. The van der Waals surface area contributed by atoms with Crippen LogP contribution in [-0.4, -0.2) is 31.1 Å². The monoisotopic (exact) mass is 316 g/mol. The van der Waals surface area contributed by atoms with Crippen LogP contribution >= 0.6 is 0 Å². The lowest BCUT2D eigenvalue weighted by Gasteiger charge is -2.35. The molecule has 2 nitrogen and oxygen atoms in total. The molecule has 0 radical (unpaired) electrons. The minimum Gasteiger partial charge on any atom is -0.314 e. The molecule has 0 amide bonds. The highest BCUT2D eigenvalue weighted by atomic mass is 19.4. The van der Waals surface area contributed by atoms with Gasteiger partial charge in [-0.25, -0.2) is 4.39 Å². The van der Waals surface area contributed by atoms with E-state index in [0.29, 0.717) is 5.92 Å². The summed E-state index contributed by atoms with van der Waals surface area (Å²) in [5.41, 5.74) is -0.954. The molecule has 1 aliphatic carbocycles. The second-order valence-electron chi connectivity index (χ2n) is 6.19. The van der Waals surface area contributed by atoms with E-state index in [1.54, 1.807) is 0 Å². The number of nitrogens with zero attached hydrogens (tertiary/aromatic N) is 1. The first-order chi connectivity index (χ1) is 10.5. The number of nitrogens with one attached hydrogen (secondary N) is 1. The van der Waals surface area contributed by atoms with E-state index < -0.39 is 17.6 Å². The molecule has 1 N–H and O–H groups in total. The lowest BCUT2D eigenvalue weighted by molar-refractivity contribution is -0.140. The maximum atomic E-state index is 14.5. The fourth-order valence-electron chi connectivity index (χ4n) is 3.16. The van der Waals surface area contributed by atoms with Crippen LogP contribution in [0.4, 0.5) is 17.6 Å². The summed E-state index contributed by atoms with van der Waals surface area (Å²) in [5, 5.41) is 3.22. The smallest absolute Gasteiger partial charge is 0.314 e. The van der Waals surface area contributed by atoms with E-state index in [-0.39, 0.29) is 11.6 Å². The van der Waals surface area contributed by atoms with E-state index in [4.69, 9.17) is 0 Å². The third-order valence-electron chi connectivity index (χ3n) is 4.54. The Balaban J connectivity index is 1.92. The lowest BCUT2D eigenvalue weighted by Crippen LogP contribution is -2.45. The molecule has 1 saturated carbocycles. The van der Waals surface area contributed by atoms with E-state index in [9.17, 15) is 17.6 Å². The third kappa shape index (κ3) is 3.43. The highest BCUT2D eigenvalue weighted by molar-refractivity contribution is 5.31. The van der Waals surface area contributed by atoms with Gasteiger partial charge in [-0.15, -0.1) is 0 Å². The Morgan fingerprint density at radius 2 is 1.86 bits per heavy atom. The average Bonchev–Trinajstić information content (AvgIpc) is 3.29. The molecule has 1 aliphatic heterocycles. The minimum absolute atomic E-state index is 0.198. The molecule has 1 aromatic rings. The van der Waals surface area contributed by atoms with Crippen LogP contribution in [0, 0.1) is 11.7 Å². The SMILES string of the molecule is Fc1c([C@@H](CC2CC2)N2CCNCC2)cccc1C(F)(F)F. The summed E-state index contributed by atoms with van der Waals surface area (Å²) in [6.45, 7) is 3.07. The molecule has 3 rings (SSSR count). The summed E-state index contributed by atoms with van der Waals surface area (Å²) in [7, 11) is 0. The van der Waals surface area contributed by atoms with E-state index in [1.165, 1.54) is 12.1 Å². The predicted molar refractivity (Wildman–Crippen MR) is 75.9 cm³/mol. The zero-order chi connectivity index (χ0) is 15.7. The number of piperazine rings is 1. The summed E-state index contributed by atoms with van der Waals surface area (Å²) in [5.74, 6) is -0.576. The molecule has 2 fully saturated rings. The minimum atomic E-state index is -4.65. The number of benzene rings is 1. The molecule has 0 unspecified atom stereocenters. The van der Waals surface area contributed by atoms with Crippen molar-refractivity contribution in [1.29, 1.82) is 0 Å². The van der Waals surface area contributed by atoms with Crippen LogP contribution in [0.2, 0.25) is 0 Å². The van der Waals surface area contributed by atoms with Gasteiger partial charge in [-0.2, -0.15) is 13.2 Å². The van der Waals surface area contributed by atoms with Gasteiger partial charge in [0.05, 0.1) is 5.56 Å². The molecule has 0 aromatic heterocycles. The molecule has 1 saturated heterocycles. The average molecular weight is 316 g/mol. The van der Waals surface area contributed by atoms with Crippen molar-refractivity contribution < 1.29 is 17.6 Å². The normalized spacial score (nSPS) is 21.8. The first-order valence-electron chi connectivity index (χ1n) is 7.77. The van der Waals surface area contributed by atoms with Gasteiger partial charge in [0.1, 0.15) is 5.82 Å². The van der Waals surface area contributed by atoms with Gasteiger partial charge in [-0.05, 0) is 18.4 Å². The summed E-state index contributed by atoms with van der Waals surface area (Å²) < 4.78 is 53.3. The fraction of sp³-hybridized carbons (Fsp3) is 0.625. The van der Waals surface area contributed by atoms with Crippen molar-refractivity contribution in [3.63, 3.8) is 0 Å². The van der Waals surface area contributed by atoms with Crippen LogP contribution in [0.25, 0.3) is 0 Å². The number of alkyl halides is 3. The molecule has 6 heteroatoms. The highest BCUT2D eigenvalue weighted by Crippen LogP contribution is 2.42. The van der Waals surface area contributed by atoms with Gasteiger partial charge in [-0.1, -0.05) is 25.0 Å². The number of halogens is 4. The van der Waals surface area contributed by atoms with Crippen molar-refractivity contribution in [2.45, 2.75) is 31.5 Å². The van der Waals surface area contributed by atoms with Gasteiger partial charge < -0.3 is 5.32 Å². The van der Waals surface area contributed by atoms with Crippen molar-refractivity contribution in [3.05, 3.63) is 35.1 Å². The van der Waals surface area contributed by atoms with Crippen LogP contribution in [0.1, 0.15) is 36.4 Å². The molecular formula is C16H20F4N2. The fourth-order valence-corrected chi connectivity index (χ4v) is 3.16. The molecular weight excluding hydrogens is 296 g/mol. The summed E-state index contributed by atoms with van der Waals surface area (Å²) in [6, 6.07) is 3.41. The molecule has 22 heavy (non-hydrogen) atoms. The second kappa shape index (κ2) is 6.16. The molecule has 1 aromatic carbocycles. The van der Waals surface area contributed by atoms with E-state index in [1.807, 2.05) is 0 Å². The maximum Gasteiger partial charge on any atom is 0.419 e. The summed E-state index contributed by atoms with van der Waals surface area (Å²) in [6.07, 6.45) is -1.70. The Hall–Kier alpha value is -1.14. The van der Waals surface area contributed by atoms with Gasteiger partial charge in [-0.3, -0.25) is 4.90 Å². The van der Waals surface area contributed by atoms with Gasteiger partial charge >= 0.3 is 6.18 Å². The van der Waals surface area contributed by atoms with Gasteiger partial charge in [0.2, 0.25) is 0 Å². The van der Waals surface area contributed by atoms with Crippen molar-refractivity contribution in [1.82, 2.24) is 10.2 Å². The zero-order valence-electron chi connectivity index (χ0n) is 12.3. The molecule has 2 aliphatic rings. The quantitative estimate of drug-likeness (QED) is 0.854. The largest absolute Gasteiger partial charge is 0.419 e.